The van der Waals surface area contributed by atoms with Gasteiger partial charge in [-0.3, -0.25) is 14.5 Å². The highest BCUT2D eigenvalue weighted by Crippen LogP contribution is 2.30. The number of para-hydroxylation sites is 1. The van der Waals surface area contributed by atoms with E-state index < -0.39 is 0 Å². The Morgan fingerprint density at radius 3 is 2.50 bits per heavy atom. The predicted octanol–water partition coefficient (Wildman–Crippen LogP) is 3.31. The molecule has 2 aromatic rings. The van der Waals surface area contributed by atoms with Gasteiger partial charge in [-0.1, -0.05) is 38.5 Å². The fourth-order valence-corrected chi connectivity index (χ4v) is 5.65. The lowest BCUT2D eigenvalue weighted by Crippen LogP contribution is -2.52. The Labute approximate surface area is 202 Å². The van der Waals surface area contributed by atoms with Crippen molar-refractivity contribution in [1.82, 2.24) is 24.6 Å². The molecule has 1 aromatic carbocycles. The number of amides is 2. The Kier molecular flexibility index (Phi) is 7.66. The molecule has 184 valence electrons. The number of piperidine rings is 1. The number of nitrogens with zero attached hydrogens (tertiary/aromatic N) is 6. The second-order valence-electron chi connectivity index (χ2n) is 9.52. The molecule has 1 saturated heterocycles. The minimum Gasteiger partial charge on any atom is -0.335 e. The Hall–Kier alpha value is -2.74. The van der Waals surface area contributed by atoms with Gasteiger partial charge in [-0.15, -0.1) is 0 Å². The summed E-state index contributed by atoms with van der Waals surface area (Å²) in [5.74, 6) is 1.59. The van der Waals surface area contributed by atoms with Gasteiger partial charge in [0.15, 0.2) is 0 Å². The van der Waals surface area contributed by atoms with Crippen molar-refractivity contribution >= 4 is 17.5 Å². The van der Waals surface area contributed by atoms with Gasteiger partial charge in [-0.25, -0.2) is 9.67 Å². The lowest BCUT2D eigenvalue weighted by Gasteiger charge is -2.43. The van der Waals surface area contributed by atoms with E-state index in [9.17, 15) is 9.59 Å². The third kappa shape index (κ3) is 5.17. The number of likely N-dealkylation sites (N-methyl/N-ethyl adjacent to an activating group) is 1. The van der Waals surface area contributed by atoms with Crippen molar-refractivity contribution < 1.29 is 9.59 Å². The molecule has 0 saturated carbocycles. The molecule has 1 aromatic heterocycles. The molecule has 2 unspecified atom stereocenters. The summed E-state index contributed by atoms with van der Waals surface area (Å²) in [5.41, 5.74) is 1.95. The summed E-state index contributed by atoms with van der Waals surface area (Å²) in [4.78, 5) is 37.5. The van der Waals surface area contributed by atoms with E-state index in [1.54, 1.807) is 4.68 Å². The van der Waals surface area contributed by atoms with Crippen molar-refractivity contribution in [2.75, 3.05) is 24.5 Å². The Morgan fingerprint density at radius 1 is 1.03 bits per heavy atom. The third-order valence-corrected chi connectivity index (χ3v) is 7.34. The first-order chi connectivity index (χ1) is 16.4. The standard InChI is InChI=1S/C26H38N6O2/c1-5-25(33)31-15-14-22-11-9-12-23(30(22)6-2)17-29(16-21-10-7-8-13-24(21)31)26(34)18-32-20(4)27-19(3)28-32/h7-8,10,13,22-23H,5-6,9,11-12,14-18H2,1-4H3. The number of benzene rings is 1. The maximum Gasteiger partial charge on any atom is 0.244 e. The van der Waals surface area contributed by atoms with Crippen molar-refractivity contribution in [2.24, 2.45) is 0 Å². The molecule has 8 nitrogen and oxygen atoms in total. The van der Waals surface area contributed by atoms with Gasteiger partial charge in [-0.2, -0.15) is 5.10 Å². The van der Waals surface area contributed by atoms with Crippen LogP contribution in [0, 0.1) is 13.8 Å². The lowest BCUT2D eigenvalue weighted by atomic mass is 9.93. The van der Waals surface area contributed by atoms with Gasteiger partial charge in [0.05, 0.1) is 0 Å². The maximum atomic E-state index is 13.7. The predicted molar refractivity (Wildman–Crippen MR) is 132 cm³/mol. The Bertz CT molecular complexity index is 1020. The third-order valence-electron chi connectivity index (χ3n) is 7.34. The highest BCUT2D eigenvalue weighted by Gasteiger charge is 2.34. The van der Waals surface area contributed by atoms with Crippen LogP contribution in [0.1, 0.15) is 63.2 Å². The van der Waals surface area contributed by atoms with Gasteiger partial charge in [0.1, 0.15) is 18.2 Å². The van der Waals surface area contributed by atoms with E-state index in [2.05, 4.69) is 28.0 Å². The van der Waals surface area contributed by atoms with Crippen molar-refractivity contribution in [1.29, 1.82) is 0 Å². The van der Waals surface area contributed by atoms with Crippen LogP contribution in [0.3, 0.4) is 0 Å². The zero-order valence-corrected chi connectivity index (χ0v) is 21.0. The lowest BCUT2D eigenvalue weighted by molar-refractivity contribution is -0.134. The SMILES string of the molecule is CCC(=O)N1CCC2CCCC(CN(C(=O)Cn3nc(C)nc3C)Cc3ccccc31)N2CC. The second-order valence-corrected chi connectivity index (χ2v) is 9.52. The fourth-order valence-electron chi connectivity index (χ4n) is 5.65. The summed E-state index contributed by atoms with van der Waals surface area (Å²) in [7, 11) is 0. The Morgan fingerprint density at radius 2 is 1.79 bits per heavy atom. The first kappa shape index (κ1) is 24.4. The average Bonchev–Trinajstić information content (AvgIpc) is 3.14. The molecule has 8 heteroatoms. The van der Waals surface area contributed by atoms with Crippen LogP contribution in [0.5, 0.6) is 0 Å². The van der Waals surface area contributed by atoms with E-state index in [0.29, 0.717) is 44.0 Å². The van der Waals surface area contributed by atoms with Gasteiger partial charge in [0.2, 0.25) is 11.8 Å². The van der Waals surface area contributed by atoms with Gasteiger partial charge >= 0.3 is 0 Å². The topological polar surface area (TPSA) is 74.6 Å². The summed E-state index contributed by atoms with van der Waals surface area (Å²) in [5, 5.41) is 4.41. The summed E-state index contributed by atoms with van der Waals surface area (Å²) < 4.78 is 1.70. The van der Waals surface area contributed by atoms with Crippen LogP contribution in [0.4, 0.5) is 5.69 Å². The van der Waals surface area contributed by atoms with Crippen molar-refractivity contribution in [3.8, 4) is 0 Å². The van der Waals surface area contributed by atoms with E-state index in [0.717, 1.165) is 49.3 Å². The van der Waals surface area contributed by atoms with Crippen LogP contribution in [-0.4, -0.2) is 68.1 Å². The molecule has 0 radical (unpaired) electrons. The van der Waals surface area contributed by atoms with Gasteiger partial charge in [0, 0.05) is 43.8 Å². The average molecular weight is 467 g/mol. The molecule has 4 rings (SSSR count). The van der Waals surface area contributed by atoms with E-state index in [1.807, 2.05) is 48.8 Å². The molecule has 1 fully saturated rings. The second kappa shape index (κ2) is 10.7. The van der Waals surface area contributed by atoms with Crippen molar-refractivity contribution in [2.45, 2.75) is 85.0 Å². The number of aromatic nitrogens is 3. The molecule has 3 heterocycles. The van der Waals surface area contributed by atoms with Crippen LogP contribution < -0.4 is 4.90 Å². The van der Waals surface area contributed by atoms with Gasteiger partial charge in [0.25, 0.3) is 0 Å². The molecular weight excluding hydrogens is 428 g/mol. The van der Waals surface area contributed by atoms with Crippen LogP contribution in [0.2, 0.25) is 0 Å². The van der Waals surface area contributed by atoms with Crippen LogP contribution >= 0.6 is 0 Å². The number of rotatable bonds is 4. The number of carbonyl (C=O) groups excluding carboxylic acids is 2. The minimum absolute atomic E-state index is 0.0357. The molecular formula is C26H38N6O2. The summed E-state index contributed by atoms with van der Waals surface area (Å²) in [6, 6.07) is 8.82. The van der Waals surface area contributed by atoms with E-state index in [-0.39, 0.29) is 18.4 Å². The zero-order chi connectivity index (χ0) is 24.2. The van der Waals surface area contributed by atoms with E-state index in [1.165, 1.54) is 0 Å². The molecule has 2 aliphatic heterocycles. The number of fused-ring (bicyclic) bond motifs is 3. The highest BCUT2D eigenvalue weighted by atomic mass is 16.2. The quantitative estimate of drug-likeness (QED) is 0.691. The number of hydrogen-bond acceptors (Lipinski definition) is 5. The molecule has 2 aliphatic rings. The molecule has 2 amide bonds. The van der Waals surface area contributed by atoms with Crippen LogP contribution in [-0.2, 0) is 22.7 Å². The van der Waals surface area contributed by atoms with Gasteiger partial charge in [-0.05, 0) is 51.3 Å². The minimum atomic E-state index is 0.0357. The van der Waals surface area contributed by atoms with Crippen molar-refractivity contribution in [3.05, 3.63) is 41.5 Å². The fraction of sp³-hybridized carbons (Fsp3) is 0.615. The van der Waals surface area contributed by atoms with E-state index >= 15 is 0 Å². The first-order valence-corrected chi connectivity index (χ1v) is 12.7. The smallest absolute Gasteiger partial charge is 0.244 e. The van der Waals surface area contributed by atoms with Crippen LogP contribution in [0.15, 0.2) is 24.3 Å². The monoisotopic (exact) mass is 466 g/mol. The molecule has 34 heavy (non-hydrogen) atoms. The summed E-state index contributed by atoms with van der Waals surface area (Å²) in [6.07, 6.45) is 4.81. The molecule has 2 atom stereocenters. The summed E-state index contributed by atoms with van der Waals surface area (Å²) >= 11 is 0. The maximum absolute atomic E-state index is 13.7. The normalized spacial score (nSPS) is 21.6. The largest absolute Gasteiger partial charge is 0.335 e. The van der Waals surface area contributed by atoms with Crippen LogP contribution in [0.25, 0.3) is 0 Å². The van der Waals surface area contributed by atoms with Crippen molar-refractivity contribution in [3.63, 3.8) is 0 Å². The molecule has 0 aliphatic carbocycles. The van der Waals surface area contributed by atoms with Gasteiger partial charge < -0.3 is 9.80 Å². The summed E-state index contributed by atoms with van der Waals surface area (Å²) in [6.45, 7) is 10.9. The Balaban J connectivity index is 1.72. The molecule has 0 N–H and O–H groups in total. The highest BCUT2D eigenvalue weighted by molar-refractivity contribution is 5.94. The number of aryl methyl sites for hydroxylation is 2. The number of hydrogen-bond donors (Lipinski definition) is 0. The molecule has 0 spiro atoms. The molecule has 2 bridgehead atoms. The number of carbonyl (C=O) groups is 2. The number of anilines is 1. The zero-order valence-electron chi connectivity index (χ0n) is 21.0. The van der Waals surface area contributed by atoms with E-state index in [4.69, 9.17) is 0 Å². The first-order valence-electron chi connectivity index (χ1n) is 12.7.